The number of thiol groups is 1. The largest absolute Gasteiger partial charge is 0.508 e. The van der Waals surface area contributed by atoms with Crippen molar-refractivity contribution in [1.82, 2.24) is 0 Å². The summed E-state index contributed by atoms with van der Waals surface area (Å²) in [5, 5.41) is 9.60. The normalized spacial score (nSPS) is 9.90. The Bertz CT molecular complexity index is 239. The van der Waals surface area contributed by atoms with Crippen LogP contribution in [0, 0.1) is 0 Å². The fourth-order valence-corrected chi connectivity index (χ4v) is 1.20. The summed E-state index contributed by atoms with van der Waals surface area (Å²) in [6, 6.07) is 2.79. The molecule has 0 atom stereocenters. The third kappa shape index (κ3) is 1.51. The molecule has 0 saturated heterocycles. The maximum absolute atomic E-state index is 8.93. The van der Waals surface area contributed by atoms with Gasteiger partial charge in [0.1, 0.15) is 5.75 Å². The Morgan fingerprint density at radius 1 is 1.30 bits per heavy atom. The van der Waals surface area contributed by atoms with Gasteiger partial charge in [-0.05, 0) is 6.07 Å². The Hall–Kier alpha value is -0.0500. The van der Waals surface area contributed by atoms with Crippen LogP contribution in [0.4, 0.5) is 0 Å². The predicted molar refractivity (Wildman–Crippen MR) is 45.4 cm³/mol. The van der Waals surface area contributed by atoms with Crippen LogP contribution in [-0.4, -0.2) is 5.11 Å². The van der Waals surface area contributed by atoms with Gasteiger partial charge in [-0.1, -0.05) is 23.2 Å². The maximum atomic E-state index is 8.93. The number of hydrogen-bond acceptors (Lipinski definition) is 2. The van der Waals surface area contributed by atoms with Crippen molar-refractivity contribution in [2.75, 3.05) is 0 Å². The van der Waals surface area contributed by atoms with E-state index in [2.05, 4.69) is 12.6 Å². The number of phenolic OH excluding ortho intramolecular Hbond substituents is 1. The smallest absolute Gasteiger partial charge is 0.118 e. The van der Waals surface area contributed by atoms with Crippen LogP contribution in [0.3, 0.4) is 0 Å². The second-order valence-corrected chi connectivity index (χ2v) is 3.03. The first kappa shape index (κ1) is 8.05. The van der Waals surface area contributed by atoms with Crippen molar-refractivity contribution in [1.29, 1.82) is 0 Å². The molecule has 1 aromatic rings. The van der Waals surface area contributed by atoms with Gasteiger partial charge >= 0.3 is 0 Å². The number of phenols is 1. The Balaban J connectivity index is 3.31. The Labute approximate surface area is 74.0 Å². The quantitative estimate of drug-likeness (QED) is 0.609. The second-order valence-electron chi connectivity index (χ2n) is 1.76. The van der Waals surface area contributed by atoms with Gasteiger partial charge in [-0.15, -0.1) is 12.6 Å². The van der Waals surface area contributed by atoms with E-state index in [4.69, 9.17) is 28.3 Å². The van der Waals surface area contributed by atoms with Gasteiger partial charge in [0.05, 0.1) is 10.0 Å². The van der Waals surface area contributed by atoms with E-state index in [0.717, 1.165) is 0 Å². The molecule has 0 aromatic heterocycles. The molecule has 0 aliphatic rings. The van der Waals surface area contributed by atoms with E-state index in [1.165, 1.54) is 12.1 Å². The van der Waals surface area contributed by atoms with E-state index in [1.807, 2.05) is 0 Å². The predicted octanol–water partition coefficient (Wildman–Crippen LogP) is 2.99. The van der Waals surface area contributed by atoms with E-state index in [9.17, 15) is 0 Å². The second kappa shape index (κ2) is 2.91. The molecule has 0 saturated carbocycles. The molecular formula is C6H4Cl2OS. The lowest BCUT2D eigenvalue weighted by atomic mass is 10.3. The van der Waals surface area contributed by atoms with Crippen LogP contribution in [0.5, 0.6) is 5.75 Å². The number of halogens is 2. The molecule has 0 heterocycles. The monoisotopic (exact) mass is 194 g/mol. The first-order chi connectivity index (χ1) is 4.61. The third-order valence-electron chi connectivity index (χ3n) is 0.994. The molecular weight excluding hydrogens is 191 g/mol. The van der Waals surface area contributed by atoms with Gasteiger partial charge in [-0.3, -0.25) is 0 Å². The van der Waals surface area contributed by atoms with Crippen molar-refractivity contribution in [3.63, 3.8) is 0 Å². The first-order valence-corrected chi connectivity index (χ1v) is 3.68. The van der Waals surface area contributed by atoms with Gasteiger partial charge in [0.15, 0.2) is 0 Å². The fourth-order valence-electron chi connectivity index (χ4n) is 0.561. The summed E-state index contributed by atoms with van der Waals surface area (Å²) in [5.74, 6) is 0.0689. The van der Waals surface area contributed by atoms with E-state index in [-0.39, 0.29) is 5.75 Å². The number of aromatic hydroxyl groups is 1. The van der Waals surface area contributed by atoms with E-state index < -0.39 is 0 Å². The van der Waals surface area contributed by atoms with Gasteiger partial charge in [0, 0.05) is 11.0 Å². The van der Waals surface area contributed by atoms with Crippen molar-refractivity contribution in [2.45, 2.75) is 4.90 Å². The zero-order valence-corrected chi connectivity index (χ0v) is 7.21. The standard InChI is InChI=1S/C6H4Cl2OS/c7-4-1-3(9)2-5(10)6(4)8/h1-2,9-10H. The molecule has 1 aromatic carbocycles. The Kier molecular flexibility index (Phi) is 2.34. The van der Waals surface area contributed by atoms with Gasteiger partial charge < -0.3 is 5.11 Å². The lowest BCUT2D eigenvalue weighted by Gasteiger charge is -1.99. The summed E-state index contributed by atoms with van der Waals surface area (Å²) in [5.41, 5.74) is 0. The van der Waals surface area contributed by atoms with Crippen molar-refractivity contribution >= 4 is 35.8 Å². The van der Waals surface area contributed by atoms with Crippen LogP contribution in [0.15, 0.2) is 17.0 Å². The van der Waals surface area contributed by atoms with Gasteiger partial charge in [0.2, 0.25) is 0 Å². The van der Waals surface area contributed by atoms with E-state index >= 15 is 0 Å². The molecule has 0 amide bonds. The summed E-state index contributed by atoms with van der Waals surface area (Å²) < 4.78 is 0. The van der Waals surface area contributed by atoms with Crippen LogP contribution >= 0.6 is 35.8 Å². The van der Waals surface area contributed by atoms with Crippen molar-refractivity contribution in [3.05, 3.63) is 22.2 Å². The minimum absolute atomic E-state index is 0.0689. The van der Waals surface area contributed by atoms with Crippen LogP contribution in [-0.2, 0) is 0 Å². The molecule has 0 bridgehead atoms. The third-order valence-corrected chi connectivity index (χ3v) is 2.28. The van der Waals surface area contributed by atoms with E-state index in [1.54, 1.807) is 0 Å². The number of benzene rings is 1. The zero-order chi connectivity index (χ0) is 7.72. The summed E-state index contributed by atoms with van der Waals surface area (Å²) in [7, 11) is 0. The highest BCUT2D eigenvalue weighted by Gasteiger charge is 2.02. The molecule has 0 aliphatic carbocycles. The number of rotatable bonds is 0. The maximum Gasteiger partial charge on any atom is 0.118 e. The highest BCUT2D eigenvalue weighted by molar-refractivity contribution is 7.80. The zero-order valence-electron chi connectivity index (χ0n) is 4.81. The Morgan fingerprint density at radius 3 is 2.40 bits per heavy atom. The van der Waals surface area contributed by atoms with Crippen molar-refractivity contribution in [2.24, 2.45) is 0 Å². The minimum atomic E-state index is 0.0689. The summed E-state index contributed by atoms with van der Waals surface area (Å²) >= 11 is 15.2. The van der Waals surface area contributed by atoms with Crippen LogP contribution < -0.4 is 0 Å². The van der Waals surface area contributed by atoms with Crippen molar-refractivity contribution in [3.8, 4) is 5.75 Å². The summed E-state index contributed by atoms with van der Waals surface area (Å²) in [4.78, 5) is 0.478. The molecule has 4 heteroatoms. The lowest BCUT2D eigenvalue weighted by Crippen LogP contribution is -1.72. The molecule has 0 radical (unpaired) electrons. The topological polar surface area (TPSA) is 20.2 Å². The van der Waals surface area contributed by atoms with Gasteiger partial charge in [-0.2, -0.15) is 0 Å². The van der Waals surface area contributed by atoms with Crippen LogP contribution in [0.25, 0.3) is 0 Å². The minimum Gasteiger partial charge on any atom is -0.508 e. The SMILES string of the molecule is Oc1cc(S)c(Cl)c(Cl)c1. The highest BCUT2D eigenvalue weighted by Crippen LogP contribution is 2.32. The molecule has 1 nitrogen and oxygen atoms in total. The average Bonchev–Trinajstić information content (AvgIpc) is 1.82. The van der Waals surface area contributed by atoms with Gasteiger partial charge in [0.25, 0.3) is 0 Å². The Morgan fingerprint density at radius 2 is 1.90 bits per heavy atom. The molecule has 10 heavy (non-hydrogen) atoms. The van der Waals surface area contributed by atoms with Crippen molar-refractivity contribution < 1.29 is 5.11 Å². The fraction of sp³-hybridized carbons (Fsp3) is 0. The molecule has 1 rings (SSSR count). The van der Waals surface area contributed by atoms with Gasteiger partial charge in [-0.25, -0.2) is 0 Å². The molecule has 1 N–H and O–H groups in total. The molecule has 0 unspecified atom stereocenters. The summed E-state index contributed by atoms with van der Waals surface area (Å²) in [6.45, 7) is 0. The van der Waals surface area contributed by atoms with E-state index in [0.29, 0.717) is 14.9 Å². The molecule has 0 spiro atoms. The molecule has 54 valence electrons. The number of hydrogen-bond donors (Lipinski definition) is 2. The van der Waals surface area contributed by atoms with Crippen LogP contribution in [0.1, 0.15) is 0 Å². The lowest BCUT2D eigenvalue weighted by molar-refractivity contribution is 0.474. The molecule has 0 fully saturated rings. The van der Waals surface area contributed by atoms with Crippen LogP contribution in [0.2, 0.25) is 10.0 Å². The summed E-state index contributed by atoms with van der Waals surface area (Å²) in [6.07, 6.45) is 0. The highest BCUT2D eigenvalue weighted by atomic mass is 35.5. The first-order valence-electron chi connectivity index (χ1n) is 2.48. The molecule has 0 aliphatic heterocycles. The average molecular weight is 195 g/mol.